The zero-order valence-corrected chi connectivity index (χ0v) is 9.11. The lowest BCUT2D eigenvalue weighted by Crippen LogP contribution is -2.33. The largest absolute Gasteiger partial charge is 0.390 e. The quantitative estimate of drug-likeness (QED) is 0.833. The zero-order chi connectivity index (χ0) is 13.1. The standard InChI is InChI=1S/C8H12F3N5O/c1-15(3-2-8(9,10)11)6(17)4-16-5-13-7(12)14-16/h5H,2-4H2,1H3,(H2,12,14). The molecule has 1 rings (SSSR count). The molecule has 0 aliphatic heterocycles. The van der Waals surface area contributed by atoms with Gasteiger partial charge in [0.2, 0.25) is 11.9 Å². The van der Waals surface area contributed by atoms with Crippen LogP contribution < -0.4 is 5.73 Å². The summed E-state index contributed by atoms with van der Waals surface area (Å²) in [6.45, 7) is -0.564. The van der Waals surface area contributed by atoms with E-state index >= 15 is 0 Å². The lowest BCUT2D eigenvalue weighted by Gasteiger charge is -2.17. The Kier molecular flexibility index (Phi) is 3.92. The van der Waals surface area contributed by atoms with Crippen molar-refractivity contribution in [1.82, 2.24) is 19.7 Å². The smallest absolute Gasteiger partial charge is 0.367 e. The summed E-state index contributed by atoms with van der Waals surface area (Å²) >= 11 is 0. The summed E-state index contributed by atoms with van der Waals surface area (Å²) in [6, 6.07) is 0. The van der Waals surface area contributed by atoms with Gasteiger partial charge in [0.05, 0.1) is 6.42 Å². The van der Waals surface area contributed by atoms with Crippen molar-refractivity contribution < 1.29 is 18.0 Å². The average molecular weight is 251 g/mol. The highest BCUT2D eigenvalue weighted by molar-refractivity contribution is 5.75. The molecule has 1 aromatic heterocycles. The Hall–Kier alpha value is -1.80. The maximum Gasteiger partial charge on any atom is 0.390 e. The summed E-state index contributed by atoms with van der Waals surface area (Å²) in [5.74, 6) is -0.477. The van der Waals surface area contributed by atoms with Crippen molar-refractivity contribution in [3.8, 4) is 0 Å². The van der Waals surface area contributed by atoms with Gasteiger partial charge in [-0.1, -0.05) is 0 Å². The van der Waals surface area contributed by atoms with Crippen molar-refractivity contribution in [2.45, 2.75) is 19.1 Å². The van der Waals surface area contributed by atoms with Crippen molar-refractivity contribution >= 4 is 11.9 Å². The Labute approximate surface area is 95.2 Å². The topological polar surface area (TPSA) is 77.0 Å². The minimum absolute atomic E-state index is 0.00995. The fourth-order valence-corrected chi connectivity index (χ4v) is 1.06. The highest BCUT2D eigenvalue weighted by Crippen LogP contribution is 2.19. The van der Waals surface area contributed by atoms with E-state index in [0.717, 1.165) is 4.90 Å². The highest BCUT2D eigenvalue weighted by atomic mass is 19.4. The van der Waals surface area contributed by atoms with Crippen molar-refractivity contribution in [1.29, 1.82) is 0 Å². The number of carbonyl (C=O) groups is 1. The van der Waals surface area contributed by atoms with Gasteiger partial charge in [-0.25, -0.2) is 9.67 Å². The number of aromatic nitrogens is 3. The molecule has 0 unspecified atom stereocenters. The number of alkyl halides is 3. The van der Waals surface area contributed by atoms with Crippen LogP contribution in [0.15, 0.2) is 6.33 Å². The second-order valence-corrected chi connectivity index (χ2v) is 3.48. The van der Waals surface area contributed by atoms with Gasteiger partial charge in [-0.05, 0) is 0 Å². The number of nitrogens with zero attached hydrogens (tertiary/aromatic N) is 4. The minimum Gasteiger partial charge on any atom is -0.367 e. The van der Waals surface area contributed by atoms with Crippen LogP contribution in [0.25, 0.3) is 0 Å². The Morgan fingerprint density at radius 3 is 2.71 bits per heavy atom. The van der Waals surface area contributed by atoms with E-state index in [-0.39, 0.29) is 19.0 Å². The van der Waals surface area contributed by atoms with Gasteiger partial charge in [-0.2, -0.15) is 13.2 Å². The van der Waals surface area contributed by atoms with Crippen LogP contribution in [-0.2, 0) is 11.3 Å². The third kappa shape index (κ3) is 4.70. The molecular formula is C8H12F3N5O. The Balaban J connectivity index is 2.42. The van der Waals surface area contributed by atoms with Gasteiger partial charge in [0.1, 0.15) is 12.9 Å². The van der Waals surface area contributed by atoms with Gasteiger partial charge in [0.15, 0.2) is 0 Å². The summed E-state index contributed by atoms with van der Waals surface area (Å²) in [5, 5.41) is 3.66. The van der Waals surface area contributed by atoms with Crippen molar-refractivity contribution in [3.05, 3.63) is 6.33 Å². The number of nitrogen functional groups attached to an aromatic ring is 1. The molecule has 1 aromatic rings. The first-order valence-electron chi connectivity index (χ1n) is 4.73. The van der Waals surface area contributed by atoms with E-state index in [0.29, 0.717) is 0 Å². The molecule has 0 aromatic carbocycles. The summed E-state index contributed by atoms with van der Waals surface area (Å²) in [6.07, 6.45) is -4.06. The highest BCUT2D eigenvalue weighted by Gasteiger charge is 2.28. The van der Waals surface area contributed by atoms with Crippen LogP contribution in [0.3, 0.4) is 0 Å². The Morgan fingerprint density at radius 2 is 2.24 bits per heavy atom. The molecule has 6 nitrogen and oxygen atoms in total. The Bertz CT molecular complexity index is 389. The van der Waals surface area contributed by atoms with Crippen LogP contribution in [0, 0.1) is 0 Å². The third-order valence-corrected chi connectivity index (χ3v) is 2.01. The number of carbonyl (C=O) groups excluding carboxylic acids is 1. The first kappa shape index (κ1) is 13.3. The molecule has 0 aliphatic carbocycles. The molecule has 96 valence electrons. The predicted molar refractivity (Wildman–Crippen MR) is 52.7 cm³/mol. The number of hydrogen-bond acceptors (Lipinski definition) is 4. The van der Waals surface area contributed by atoms with Gasteiger partial charge in [-0.3, -0.25) is 4.79 Å². The molecule has 1 amide bonds. The zero-order valence-electron chi connectivity index (χ0n) is 9.11. The number of nitrogens with two attached hydrogens (primary N) is 1. The molecule has 0 radical (unpaired) electrons. The fourth-order valence-electron chi connectivity index (χ4n) is 1.06. The van der Waals surface area contributed by atoms with E-state index in [9.17, 15) is 18.0 Å². The van der Waals surface area contributed by atoms with Crippen LogP contribution in [-0.4, -0.2) is 45.3 Å². The lowest BCUT2D eigenvalue weighted by molar-refractivity contribution is -0.144. The van der Waals surface area contributed by atoms with Crippen LogP contribution >= 0.6 is 0 Å². The molecule has 17 heavy (non-hydrogen) atoms. The maximum absolute atomic E-state index is 11.9. The fraction of sp³-hybridized carbons (Fsp3) is 0.625. The molecule has 0 saturated heterocycles. The van der Waals surface area contributed by atoms with Crippen LogP contribution in [0.4, 0.5) is 19.1 Å². The van der Waals surface area contributed by atoms with E-state index in [1.54, 1.807) is 0 Å². The molecule has 0 bridgehead atoms. The summed E-state index contributed by atoms with van der Waals surface area (Å²) in [7, 11) is 1.30. The number of hydrogen-bond donors (Lipinski definition) is 1. The molecule has 9 heteroatoms. The van der Waals surface area contributed by atoms with Gasteiger partial charge in [-0.15, -0.1) is 5.10 Å². The molecule has 0 atom stereocenters. The number of amides is 1. The molecule has 2 N–H and O–H groups in total. The summed E-state index contributed by atoms with van der Waals surface area (Å²) < 4.78 is 37.0. The molecule has 0 saturated carbocycles. The first-order valence-corrected chi connectivity index (χ1v) is 4.73. The van der Waals surface area contributed by atoms with Crippen molar-refractivity contribution in [2.75, 3.05) is 19.3 Å². The van der Waals surface area contributed by atoms with Gasteiger partial charge < -0.3 is 10.6 Å². The monoisotopic (exact) mass is 251 g/mol. The number of anilines is 1. The Morgan fingerprint density at radius 1 is 1.59 bits per heavy atom. The van der Waals surface area contributed by atoms with E-state index in [4.69, 9.17) is 5.73 Å². The minimum atomic E-state index is -4.27. The maximum atomic E-state index is 11.9. The second-order valence-electron chi connectivity index (χ2n) is 3.48. The van der Waals surface area contributed by atoms with E-state index in [1.807, 2.05) is 0 Å². The first-order chi connectivity index (χ1) is 7.78. The van der Waals surface area contributed by atoms with E-state index < -0.39 is 18.5 Å². The second kappa shape index (κ2) is 5.02. The predicted octanol–water partition coefficient (Wildman–Crippen LogP) is 0.271. The van der Waals surface area contributed by atoms with Crippen LogP contribution in [0.2, 0.25) is 0 Å². The van der Waals surface area contributed by atoms with E-state index in [2.05, 4.69) is 10.1 Å². The summed E-state index contributed by atoms with van der Waals surface area (Å²) in [4.78, 5) is 16.1. The molecule has 0 aliphatic rings. The number of halogens is 3. The van der Waals surface area contributed by atoms with Crippen LogP contribution in [0.5, 0.6) is 0 Å². The SMILES string of the molecule is CN(CCC(F)(F)F)C(=O)Cn1cnc(N)n1. The molecule has 0 spiro atoms. The third-order valence-electron chi connectivity index (χ3n) is 2.01. The number of rotatable bonds is 4. The van der Waals surface area contributed by atoms with Crippen LogP contribution in [0.1, 0.15) is 6.42 Å². The lowest BCUT2D eigenvalue weighted by atomic mass is 10.4. The number of likely N-dealkylation sites (N-methyl/N-ethyl adjacent to an activating group) is 1. The van der Waals surface area contributed by atoms with Crippen molar-refractivity contribution in [3.63, 3.8) is 0 Å². The molecule has 1 heterocycles. The van der Waals surface area contributed by atoms with Gasteiger partial charge >= 0.3 is 6.18 Å². The normalized spacial score (nSPS) is 11.5. The van der Waals surface area contributed by atoms with E-state index in [1.165, 1.54) is 18.1 Å². The molecule has 0 fully saturated rings. The van der Waals surface area contributed by atoms with Crippen molar-refractivity contribution in [2.24, 2.45) is 0 Å². The average Bonchev–Trinajstić information content (AvgIpc) is 2.59. The summed E-state index contributed by atoms with van der Waals surface area (Å²) in [5.41, 5.74) is 5.23. The molecular weight excluding hydrogens is 239 g/mol. The van der Waals surface area contributed by atoms with Gasteiger partial charge in [0, 0.05) is 13.6 Å². The van der Waals surface area contributed by atoms with Gasteiger partial charge in [0.25, 0.3) is 0 Å².